The molecule has 4 rings (SSSR count). The second-order valence-electron chi connectivity index (χ2n) is 6.96. The summed E-state index contributed by atoms with van der Waals surface area (Å²) in [6.45, 7) is 1.36. The van der Waals surface area contributed by atoms with E-state index in [2.05, 4.69) is 27.6 Å². The monoisotopic (exact) mass is 408 g/mol. The molecule has 0 saturated carbocycles. The number of amides is 1. The van der Waals surface area contributed by atoms with E-state index in [4.69, 9.17) is 4.74 Å². The van der Waals surface area contributed by atoms with Crippen molar-refractivity contribution in [2.75, 3.05) is 18.9 Å². The summed E-state index contributed by atoms with van der Waals surface area (Å²) in [5, 5.41) is 12.5. The van der Waals surface area contributed by atoms with Crippen LogP contribution in [-0.2, 0) is 16.0 Å². The van der Waals surface area contributed by atoms with Gasteiger partial charge in [-0.15, -0.1) is 10.2 Å². The van der Waals surface area contributed by atoms with Crippen molar-refractivity contribution in [3.8, 4) is 5.69 Å². The third kappa shape index (κ3) is 5.25. The molecule has 1 saturated heterocycles. The van der Waals surface area contributed by atoms with Crippen molar-refractivity contribution in [3.05, 3.63) is 72.1 Å². The van der Waals surface area contributed by atoms with Crippen molar-refractivity contribution >= 4 is 17.7 Å². The molecule has 1 aromatic heterocycles. The lowest BCUT2D eigenvalue weighted by atomic mass is 10.1. The molecule has 1 aliphatic heterocycles. The van der Waals surface area contributed by atoms with Gasteiger partial charge in [-0.25, -0.2) is 0 Å². The fourth-order valence-electron chi connectivity index (χ4n) is 3.34. The first kappa shape index (κ1) is 19.7. The fraction of sp³-hybridized carbons (Fsp3) is 0.318. The van der Waals surface area contributed by atoms with Gasteiger partial charge < -0.3 is 10.1 Å². The maximum Gasteiger partial charge on any atom is 0.230 e. The van der Waals surface area contributed by atoms with E-state index in [0.29, 0.717) is 18.7 Å². The zero-order valence-corrected chi connectivity index (χ0v) is 17.0. The summed E-state index contributed by atoms with van der Waals surface area (Å²) < 4.78 is 7.59. The van der Waals surface area contributed by atoms with Gasteiger partial charge in [0, 0.05) is 25.3 Å². The first-order chi connectivity index (χ1) is 14.3. The molecule has 1 unspecified atom stereocenters. The van der Waals surface area contributed by atoms with Crippen LogP contribution in [0.25, 0.3) is 5.69 Å². The van der Waals surface area contributed by atoms with Gasteiger partial charge in [-0.05, 0) is 30.5 Å². The summed E-state index contributed by atoms with van der Waals surface area (Å²) in [5.74, 6) is 1.13. The van der Waals surface area contributed by atoms with E-state index in [0.717, 1.165) is 36.1 Å². The van der Waals surface area contributed by atoms with E-state index in [1.54, 1.807) is 0 Å². The highest BCUT2D eigenvalue weighted by molar-refractivity contribution is 7.99. The molecule has 7 heteroatoms. The molecule has 6 nitrogen and oxygen atoms in total. The Morgan fingerprint density at radius 1 is 1.10 bits per heavy atom. The molecule has 0 bridgehead atoms. The third-order valence-electron chi connectivity index (χ3n) is 4.80. The second kappa shape index (κ2) is 9.71. The van der Waals surface area contributed by atoms with Gasteiger partial charge in [0.2, 0.25) is 5.91 Å². The molecule has 1 fully saturated rings. The number of hydrogen-bond donors (Lipinski definition) is 1. The molecular formula is C22H24N4O2S. The molecule has 3 aromatic rings. The van der Waals surface area contributed by atoms with E-state index in [9.17, 15) is 4.79 Å². The summed E-state index contributed by atoms with van der Waals surface area (Å²) in [6, 6.07) is 20.2. The predicted molar refractivity (Wildman–Crippen MR) is 113 cm³/mol. The number of carbonyl (C=O) groups excluding carboxylic acids is 1. The molecule has 1 aliphatic rings. The van der Waals surface area contributed by atoms with Crippen molar-refractivity contribution in [2.45, 2.75) is 30.5 Å². The number of thioether (sulfide) groups is 1. The molecule has 2 aromatic carbocycles. The normalized spacial score (nSPS) is 16.1. The molecule has 1 N–H and O–H groups in total. The van der Waals surface area contributed by atoms with Crippen LogP contribution in [0.4, 0.5) is 0 Å². The van der Waals surface area contributed by atoms with Crippen LogP contribution in [0, 0.1) is 0 Å². The van der Waals surface area contributed by atoms with Crippen LogP contribution < -0.4 is 5.32 Å². The maximum absolute atomic E-state index is 12.3. The highest BCUT2D eigenvalue weighted by Gasteiger charge is 2.18. The Balaban J connectivity index is 1.46. The van der Waals surface area contributed by atoms with E-state index in [1.165, 1.54) is 17.3 Å². The molecule has 29 heavy (non-hydrogen) atoms. The molecule has 0 spiro atoms. The van der Waals surface area contributed by atoms with E-state index in [-0.39, 0.29) is 12.0 Å². The largest absolute Gasteiger partial charge is 0.376 e. The van der Waals surface area contributed by atoms with Crippen LogP contribution in [0.1, 0.15) is 24.2 Å². The molecular weight excluding hydrogens is 384 g/mol. The van der Waals surface area contributed by atoms with Gasteiger partial charge in [0.1, 0.15) is 5.82 Å². The van der Waals surface area contributed by atoms with Gasteiger partial charge in [0.05, 0.1) is 11.9 Å². The molecule has 2 heterocycles. The van der Waals surface area contributed by atoms with Gasteiger partial charge in [0.25, 0.3) is 0 Å². The van der Waals surface area contributed by atoms with Crippen LogP contribution in [0.5, 0.6) is 0 Å². The van der Waals surface area contributed by atoms with Crippen molar-refractivity contribution in [1.29, 1.82) is 0 Å². The Morgan fingerprint density at radius 2 is 1.86 bits per heavy atom. The number of rotatable bonds is 8. The Labute approximate surface area is 174 Å². The first-order valence-corrected chi connectivity index (χ1v) is 10.8. The Kier molecular flexibility index (Phi) is 6.59. The average Bonchev–Trinajstić information content (AvgIpc) is 3.42. The zero-order valence-electron chi connectivity index (χ0n) is 16.2. The zero-order chi connectivity index (χ0) is 19.9. The van der Waals surface area contributed by atoms with E-state index < -0.39 is 0 Å². The van der Waals surface area contributed by atoms with Crippen LogP contribution in [-0.4, -0.2) is 45.7 Å². The summed E-state index contributed by atoms with van der Waals surface area (Å²) in [7, 11) is 0. The molecule has 1 atom stereocenters. The Bertz CT molecular complexity index is 925. The maximum atomic E-state index is 12.3. The number of aromatic nitrogens is 3. The van der Waals surface area contributed by atoms with Crippen molar-refractivity contribution < 1.29 is 9.53 Å². The van der Waals surface area contributed by atoms with E-state index >= 15 is 0 Å². The van der Waals surface area contributed by atoms with Crippen LogP contribution in [0.2, 0.25) is 0 Å². The molecule has 150 valence electrons. The number of benzene rings is 2. The number of ether oxygens (including phenoxy) is 1. The highest BCUT2D eigenvalue weighted by atomic mass is 32.2. The number of nitrogens with one attached hydrogen (secondary N) is 1. The minimum atomic E-state index is -0.0160. The lowest BCUT2D eigenvalue weighted by Crippen LogP contribution is -2.32. The summed E-state index contributed by atoms with van der Waals surface area (Å²) in [5.41, 5.74) is 2.16. The lowest BCUT2D eigenvalue weighted by molar-refractivity contribution is -0.119. The molecule has 1 amide bonds. The quantitative estimate of drug-likeness (QED) is 0.580. The minimum absolute atomic E-state index is 0.0160. The highest BCUT2D eigenvalue weighted by Crippen LogP contribution is 2.23. The smallest absolute Gasteiger partial charge is 0.230 e. The van der Waals surface area contributed by atoms with Crippen molar-refractivity contribution in [3.63, 3.8) is 0 Å². The predicted octanol–water partition coefficient (Wildman–Crippen LogP) is 3.25. The number of nitrogens with zero attached hydrogens (tertiary/aromatic N) is 3. The second-order valence-corrected chi connectivity index (χ2v) is 7.90. The Morgan fingerprint density at radius 3 is 2.59 bits per heavy atom. The number of hydrogen-bond acceptors (Lipinski definition) is 5. The SMILES string of the molecule is O=C(CSc1nnc(Cc2ccccc2)n1-c1ccccc1)NCC1CCCO1. The van der Waals surface area contributed by atoms with Gasteiger partial charge in [-0.1, -0.05) is 60.3 Å². The molecule has 0 aliphatic carbocycles. The van der Waals surface area contributed by atoms with Gasteiger partial charge >= 0.3 is 0 Å². The first-order valence-electron chi connectivity index (χ1n) is 9.84. The third-order valence-corrected chi connectivity index (χ3v) is 5.73. The van der Waals surface area contributed by atoms with E-state index in [1.807, 2.05) is 53.1 Å². The standard InChI is InChI=1S/C22H24N4O2S/c27-21(23-15-19-12-7-13-28-19)16-29-22-25-24-20(14-17-8-3-1-4-9-17)26(22)18-10-5-2-6-11-18/h1-6,8-11,19H,7,12-16H2,(H,23,27). The number of carbonyl (C=O) groups is 1. The minimum Gasteiger partial charge on any atom is -0.376 e. The van der Waals surface area contributed by atoms with Gasteiger partial charge in [-0.3, -0.25) is 9.36 Å². The van der Waals surface area contributed by atoms with Gasteiger partial charge in [-0.2, -0.15) is 0 Å². The van der Waals surface area contributed by atoms with Gasteiger partial charge in [0.15, 0.2) is 5.16 Å². The van der Waals surface area contributed by atoms with Crippen LogP contribution >= 0.6 is 11.8 Å². The topological polar surface area (TPSA) is 69.0 Å². The Hall–Kier alpha value is -2.64. The van der Waals surface area contributed by atoms with Crippen LogP contribution in [0.15, 0.2) is 65.8 Å². The lowest BCUT2D eigenvalue weighted by Gasteiger charge is -2.12. The number of para-hydroxylation sites is 1. The summed E-state index contributed by atoms with van der Waals surface area (Å²) >= 11 is 1.40. The van der Waals surface area contributed by atoms with Crippen molar-refractivity contribution in [1.82, 2.24) is 20.1 Å². The summed E-state index contributed by atoms with van der Waals surface area (Å²) in [6.07, 6.45) is 2.90. The fourth-order valence-corrected chi connectivity index (χ4v) is 4.14. The van der Waals surface area contributed by atoms with Crippen LogP contribution in [0.3, 0.4) is 0 Å². The average molecular weight is 409 g/mol. The summed E-state index contributed by atoms with van der Waals surface area (Å²) in [4.78, 5) is 12.3. The molecule has 0 radical (unpaired) electrons. The van der Waals surface area contributed by atoms with Crippen molar-refractivity contribution in [2.24, 2.45) is 0 Å².